The van der Waals surface area contributed by atoms with E-state index in [9.17, 15) is 0 Å². The highest BCUT2D eigenvalue weighted by atomic mass is 14.9. The van der Waals surface area contributed by atoms with Crippen LogP contribution < -0.4 is 5.32 Å². The molecule has 0 saturated carbocycles. The van der Waals surface area contributed by atoms with Crippen LogP contribution in [0.4, 0.5) is 0 Å². The molecule has 2 heteroatoms. The van der Waals surface area contributed by atoms with Gasteiger partial charge in [-0.25, -0.2) is 0 Å². The van der Waals surface area contributed by atoms with Gasteiger partial charge in [-0.3, -0.25) is 5.32 Å². The summed E-state index contributed by atoms with van der Waals surface area (Å²) in [5.41, 5.74) is -0.443. The molecule has 2 nitrogen and oxygen atoms in total. The van der Waals surface area contributed by atoms with Crippen LogP contribution in [0.15, 0.2) is 0 Å². The lowest BCUT2D eigenvalue weighted by molar-refractivity contribution is 0.436. The number of hydrogen-bond acceptors (Lipinski definition) is 2. The molecule has 0 aliphatic heterocycles. The van der Waals surface area contributed by atoms with E-state index in [-0.39, 0.29) is 0 Å². The zero-order chi connectivity index (χ0) is 8.74. The van der Waals surface area contributed by atoms with Crippen molar-refractivity contribution in [2.45, 2.75) is 32.2 Å². The second-order valence-corrected chi connectivity index (χ2v) is 2.75. The number of terminal acetylenes is 1. The molecule has 0 aliphatic carbocycles. The molecule has 1 unspecified atom stereocenters. The predicted octanol–water partition coefficient (Wildman–Crippen LogP) is 1.29. The molecule has 0 rings (SSSR count). The van der Waals surface area contributed by atoms with Gasteiger partial charge in [-0.2, -0.15) is 5.26 Å². The van der Waals surface area contributed by atoms with Crippen molar-refractivity contribution in [3.8, 4) is 18.4 Å². The summed E-state index contributed by atoms with van der Waals surface area (Å²) >= 11 is 0. The van der Waals surface area contributed by atoms with E-state index in [1.54, 1.807) is 0 Å². The lowest BCUT2D eigenvalue weighted by Crippen LogP contribution is -2.40. The SMILES string of the molecule is C#CCNC(C)(C#N)CCC. The molecule has 0 amide bonds. The van der Waals surface area contributed by atoms with E-state index in [0.29, 0.717) is 6.54 Å². The van der Waals surface area contributed by atoms with E-state index in [4.69, 9.17) is 11.7 Å². The summed E-state index contributed by atoms with van der Waals surface area (Å²) in [5.74, 6) is 2.45. The molecule has 1 atom stereocenters. The van der Waals surface area contributed by atoms with Gasteiger partial charge in [-0.15, -0.1) is 6.42 Å². The normalized spacial score (nSPS) is 14.5. The maximum Gasteiger partial charge on any atom is 0.104 e. The van der Waals surface area contributed by atoms with Gasteiger partial charge in [0.25, 0.3) is 0 Å². The van der Waals surface area contributed by atoms with Crippen LogP contribution in [-0.2, 0) is 0 Å². The van der Waals surface area contributed by atoms with Crippen molar-refractivity contribution in [3.05, 3.63) is 0 Å². The highest BCUT2D eigenvalue weighted by Crippen LogP contribution is 2.09. The van der Waals surface area contributed by atoms with Gasteiger partial charge in [0.15, 0.2) is 0 Å². The van der Waals surface area contributed by atoms with Crippen molar-refractivity contribution in [3.63, 3.8) is 0 Å². The highest BCUT2D eigenvalue weighted by Gasteiger charge is 2.20. The third-order valence-corrected chi connectivity index (χ3v) is 1.58. The van der Waals surface area contributed by atoms with Gasteiger partial charge < -0.3 is 0 Å². The fourth-order valence-corrected chi connectivity index (χ4v) is 0.930. The van der Waals surface area contributed by atoms with E-state index in [2.05, 4.69) is 17.3 Å². The van der Waals surface area contributed by atoms with E-state index in [1.807, 2.05) is 13.8 Å². The van der Waals surface area contributed by atoms with Crippen molar-refractivity contribution in [1.29, 1.82) is 5.26 Å². The Kier molecular flexibility index (Phi) is 4.34. The summed E-state index contributed by atoms with van der Waals surface area (Å²) in [4.78, 5) is 0. The van der Waals surface area contributed by atoms with Crippen molar-refractivity contribution in [2.24, 2.45) is 0 Å². The molecule has 0 fully saturated rings. The fraction of sp³-hybridized carbons (Fsp3) is 0.667. The minimum atomic E-state index is -0.443. The molecule has 0 aliphatic rings. The number of nitrogens with one attached hydrogen (secondary N) is 1. The Morgan fingerprint density at radius 3 is 2.64 bits per heavy atom. The highest BCUT2D eigenvalue weighted by molar-refractivity contribution is 5.05. The van der Waals surface area contributed by atoms with E-state index in [0.717, 1.165) is 12.8 Å². The maximum atomic E-state index is 8.76. The number of rotatable bonds is 4. The van der Waals surface area contributed by atoms with Crippen molar-refractivity contribution >= 4 is 0 Å². The van der Waals surface area contributed by atoms with Crippen molar-refractivity contribution in [1.82, 2.24) is 5.32 Å². The number of hydrogen-bond donors (Lipinski definition) is 1. The van der Waals surface area contributed by atoms with Gasteiger partial charge in [-0.1, -0.05) is 19.3 Å². The average molecular weight is 150 g/mol. The molecular weight excluding hydrogens is 136 g/mol. The van der Waals surface area contributed by atoms with Crippen LogP contribution in [0.2, 0.25) is 0 Å². The first kappa shape index (κ1) is 10.0. The molecule has 0 spiro atoms. The number of nitrogens with zero attached hydrogens (tertiary/aromatic N) is 1. The first-order chi connectivity index (χ1) is 5.18. The van der Waals surface area contributed by atoms with Crippen LogP contribution in [0, 0.1) is 23.7 Å². The molecule has 11 heavy (non-hydrogen) atoms. The summed E-state index contributed by atoms with van der Waals surface area (Å²) < 4.78 is 0. The zero-order valence-electron chi connectivity index (χ0n) is 7.15. The fourth-order valence-electron chi connectivity index (χ4n) is 0.930. The van der Waals surface area contributed by atoms with Crippen LogP contribution in [0.1, 0.15) is 26.7 Å². The third kappa shape index (κ3) is 3.65. The number of nitriles is 1. The Morgan fingerprint density at radius 2 is 2.27 bits per heavy atom. The molecule has 1 N–H and O–H groups in total. The standard InChI is InChI=1S/C9H14N2/c1-4-6-9(3,8-10)11-7-5-2/h2,11H,4,6-7H2,1,3H3. The summed E-state index contributed by atoms with van der Waals surface area (Å²) in [7, 11) is 0. The molecule has 60 valence electrons. The Bertz CT molecular complexity index is 185. The zero-order valence-corrected chi connectivity index (χ0v) is 7.15. The second-order valence-electron chi connectivity index (χ2n) is 2.75. The maximum absolute atomic E-state index is 8.76. The molecular formula is C9H14N2. The third-order valence-electron chi connectivity index (χ3n) is 1.58. The molecule has 0 aromatic carbocycles. The first-order valence-corrected chi connectivity index (χ1v) is 3.78. The second kappa shape index (κ2) is 4.77. The van der Waals surface area contributed by atoms with Gasteiger partial charge in [0.1, 0.15) is 5.54 Å². The first-order valence-electron chi connectivity index (χ1n) is 3.78. The lowest BCUT2D eigenvalue weighted by atomic mass is 9.98. The summed E-state index contributed by atoms with van der Waals surface area (Å²) in [6.45, 7) is 4.38. The van der Waals surface area contributed by atoms with Crippen molar-refractivity contribution in [2.75, 3.05) is 6.54 Å². The van der Waals surface area contributed by atoms with Crippen molar-refractivity contribution < 1.29 is 0 Å². The van der Waals surface area contributed by atoms with Gasteiger partial charge >= 0.3 is 0 Å². The largest absolute Gasteiger partial charge is 0.289 e. The van der Waals surface area contributed by atoms with Gasteiger partial charge in [0, 0.05) is 0 Å². The average Bonchev–Trinajstić information content (AvgIpc) is 2.02. The minimum absolute atomic E-state index is 0.443. The van der Waals surface area contributed by atoms with Gasteiger partial charge in [0.2, 0.25) is 0 Å². The molecule has 0 aromatic rings. The summed E-state index contributed by atoms with van der Waals surface area (Å²) in [5, 5.41) is 11.8. The summed E-state index contributed by atoms with van der Waals surface area (Å²) in [6, 6.07) is 2.21. The Morgan fingerprint density at radius 1 is 1.64 bits per heavy atom. The summed E-state index contributed by atoms with van der Waals surface area (Å²) in [6.07, 6.45) is 6.89. The Hall–Kier alpha value is -0.990. The van der Waals surface area contributed by atoms with E-state index >= 15 is 0 Å². The van der Waals surface area contributed by atoms with Crippen LogP contribution in [0.5, 0.6) is 0 Å². The Labute approximate surface area is 68.6 Å². The Balaban J connectivity index is 3.93. The molecule has 0 radical (unpaired) electrons. The van der Waals surface area contributed by atoms with Crippen LogP contribution >= 0.6 is 0 Å². The predicted molar refractivity (Wildman–Crippen MR) is 45.8 cm³/mol. The lowest BCUT2D eigenvalue weighted by Gasteiger charge is -2.20. The van der Waals surface area contributed by atoms with Gasteiger partial charge in [0.05, 0.1) is 12.6 Å². The molecule has 0 heterocycles. The van der Waals surface area contributed by atoms with E-state index < -0.39 is 5.54 Å². The molecule has 0 aromatic heterocycles. The quantitative estimate of drug-likeness (QED) is 0.613. The monoisotopic (exact) mass is 150 g/mol. The topological polar surface area (TPSA) is 35.8 Å². The smallest absolute Gasteiger partial charge is 0.104 e. The van der Waals surface area contributed by atoms with Crippen LogP contribution in [0.3, 0.4) is 0 Å². The molecule has 0 bridgehead atoms. The molecule has 0 saturated heterocycles. The van der Waals surface area contributed by atoms with E-state index in [1.165, 1.54) is 0 Å². The van der Waals surface area contributed by atoms with Crippen LogP contribution in [0.25, 0.3) is 0 Å². The van der Waals surface area contributed by atoms with Gasteiger partial charge in [-0.05, 0) is 13.3 Å². The minimum Gasteiger partial charge on any atom is -0.289 e. The van der Waals surface area contributed by atoms with Crippen LogP contribution in [-0.4, -0.2) is 12.1 Å².